The molecule has 0 aromatic heterocycles. The molecule has 144 valence electrons. The van der Waals surface area contributed by atoms with Crippen molar-refractivity contribution in [3.05, 3.63) is 70.4 Å². The van der Waals surface area contributed by atoms with Crippen LogP contribution in [0.4, 0.5) is 22.7 Å². The number of aliphatic imine (C=N–C) groups is 1. The molecule has 0 bridgehead atoms. The molecular formula is C23H26N4O. The van der Waals surface area contributed by atoms with Gasteiger partial charge >= 0.3 is 0 Å². The van der Waals surface area contributed by atoms with E-state index in [1.807, 2.05) is 64.3 Å². The van der Waals surface area contributed by atoms with Gasteiger partial charge in [-0.15, -0.1) is 0 Å². The Labute approximate surface area is 165 Å². The predicted octanol–water partition coefficient (Wildman–Crippen LogP) is 4.54. The summed E-state index contributed by atoms with van der Waals surface area (Å²) in [5.41, 5.74) is 20.2. The second-order valence-electron chi connectivity index (χ2n) is 7.17. The zero-order valence-corrected chi connectivity index (χ0v) is 16.7. The molecule has 0 fully saturated rings. The maximum absolute atomic E-state index is 11.9. The number of hydrogen-bond donors (Lipinski definition) is 3. The Bertz CT molecular complexity index is 1030. The lowest BCUT2D eigenvalue weighted by Gasteiger charge is -2.20. The number of carbonyl (C=O) groups is 1. The van der Waals surface area contributed by atoms with Gasteiger partial charge in [-0.1, -0.05) is 6.08 Å². The van der Waals surface area contributed by atoms with E-state index in [0.29, 0.717) is 0 Å². The van der Waals surface area contributed by atoms with E-state index in [4.69, 9.17) is 11.5 Å². The molecule has 0 heterocycles. The number of nitrogens with two attached hydrogens (primary N) is 2. The summed E-state index contributed by atoms with van der Waals surface area (Å²) in [5.74, 6) is -0.177. The lowest BCUT2D eigenvalue weighted by Crippen LogP contribution is -2.17. The molecule has 1 unspecified atom stereocenters. The fraction of sp³-hybridized carbons (Fsp3) is 0.217. The van der Waals surface area contributed by atoms with E-state index in [1.54, 1.807) is 12.2 Å². The number of rotatable bonds is 4. The average molecular weight is 374 g/mol. The number of nitrogen functional groups attached to an aromatic ring is 2. The first-order valence-electron chi connectivity index (χ1n) is 9.24. The van der Waals surface area contributed by atoms with Gasteiger partial charge in [-0.05, 0) is 80.3 Å². The topological polar surface area (TPSA) is 93.5 Å². The second-order valence-corrected chi connectivity index (χ2v) is 7.17. The summed E-state index contributed by atoms with van der Waals surface area (Å²) >= 11 is 0. The van der Waals surface area contributed by atoms with Gasteiger partial charge in [0.1, 0.15) is 0 Å². The number of nitrogens with one attached hydrogen (secondary N) is 1. The van der Waals surface area contributed by atoms with Crippen molar-refractivity contribution in [3.8, 4) is 0 Å². The third-order valence-electron chi connectivity index (χ3n) is 5.41. The van der Waals surface area contributed by atoms with Crippen LogP contribution < -0.4 is 16.8 Å². The van der Waals surface area contributed by atoms with Crippen LogP contribution in [0, 0.1) is 33.6 Å². The molecular weight excluding hydrogens is 348 g/mol. The summed E-state index contributed by atoms with van der Waals surface area (Å²) in [7, 11) is 0. The maximum Gasteiger partial charge on any atom is 0.180 e. The molecule has 5 nitrogen and oxygen atoms in total. The smallest absolute Gasteiger partial charge is 0.180 e. The third-order valence-corrected chi connectivity index (χ3v) is 5.41. The molecule has 0 radical (unpaired) electrons. The van der Waals surface area contributed by atoms with Gasteiger partial charge in [-0.25, -0.2) is 0 Å². The van der Waals surface area contributed by atoms with Crippen LogP contribution in [0.1, 0.15) is 22.3 Å². The number of anilines is 3. The zero-order valence-electron chi connectivity index (χ0n) is 16.7. The minimum absolute atomic E-state index is 0.0449. The summed E-state index contributed by atoms with van der Waals surface area (Å²) in [6.07, 6.45) is 6.89. The largest absolute Gasteiger partial charge is 0.399 e. The highest BCUT2D eigenvalue weighted by Gasteiger charge is 2.17. The molecule has 1 aliphatic rings. The van der Waals surface area contributed by atoms with E-state index >= 15 is 0 Å². The molecule has 0 amide bonds. The zero-order chi connectivity index (χ0) is 20.4. The Morgan fingerprint density at radius 2 is 1.57 bits per heavy atom. The van der Waals surface area contributed by atoms with E-state index in [-0.39, 0.29) is 11.7 Å². The number of carbonyl (C=O) groups excluding carboxylic acids is 1. The van der Waals surface area contributed by atoms with Crippen LogP contribution in [0.15, 0.2) is 53.2 Å². The lowest BCUT2D eigenvalue weighted by atomic mass is 9.98. The van der Waals surface area contributed by atoms with Crippen molar-refractivity contribution >= 4 is 34.7 Å². The average Bonchev–Trinajstić information content (AvgIpc) is 2.67. The van der Waals surface area contributed by atoms with Gasteiger partial charge in [0.15, 0.2) is 5.78 Å². The van der Waals surface area contributed by atoms with Gasteiger partial charge < -0.3 is 16.8 Å². The molecule has 1 atom stereocenters. The molecule has 2 aromatic carbocycles. The van der Waals surface area contributed by atoms with Crippen molar-refractivity contribution < 1.29 is 4.79 Å². The molecule has 28 heavy (non-hydrogen) atoms. The molecule has 5 heteroatoms. The molecule has 0 spiro atoms. The monoisotopic (exact) mass is 374 g/mol. The van der Waals surface area contributed by atoms with Crippen molar-refractivity contribution in [1.82, 2.24) is 0 Å². The fourth-order valence-electron chi connectivity index (χ4n) is 3.11. The molecule has 1 aliphatic carbocycles. The van der Waals surface area contributed by atoms with Crippen LogP contribution in [-0.4, -0.2) is 12.0 Å². The van der Waals surface area contributed by atoms with E-state index < -0.39 is 0 Å². The highest BCUT2D eigenvalue weighted by Crippen LogP contribution is 2.29. The first-order valence-corrected chi connectivity index (χ1v) is 9.24. The quantitative estimate of drug-likeness (QED) is 0.541. The molecule has 0 saturated carbocycles. The van der Waals surface area contributed by atoms with E-state index in [9.17, 15) is 4.79 Å². The van der Waals surface area contributed by atoms with Crippen molar-refractivity contribution in [2.45, 2.75) is 27.7 Å². The van der Waals surface area contributed by atoms with Crippen LogP contribution in [0.5, 0.6) is 0 Å². The van der Waals surface area contributed by atoms with Gasteiger partial charge in [-0.3, -0.25) is 9.79 Å². The van der Waals surface area contributed by atoms with Gasteiger partial charge in [0.25, 0.3) is 0 Å². The molecule has 3 rings (SSSR count). The third kappa shape index (κ3) is 3.83. The Morgan fingerprint density at radius 3 is 2.29 bits per heavy atom. The van der Waals surface area contributed by atoms with Crippen LogP contribution in [-0.2, 0) is 4.79 Å². The first kappa shape index (κ1) is 19.4. The Kier molecular flexibility index (Phi) is 5.36. The number of nitrogens with zero attached hydrogens (tertiary/aromatic N) is 1. The second kappa shape index (κ2) is 7.72. The summed E-state index contributed by atoms with van der Waals surface area (Å²) in [6, 6.07) is 7.58. The van der Waals surface area contributed by atoms with Crippen molar-refractivity contribution in [2.75, 3.05) is 16.8 Å². The number of ketones is 1. The van der Waals surface area contributed by atoms with E-state index in [2.05, 4.69) is 10.3 Å². The summed E-state index contributed by atoms with van der Waals surface area (Å²) in [4.78, 5) is 16.6. The highest BCUT2D eigenvalue weighted by atomic mass is 16.1. The molecule has 0 aliphatic heterocycles. The Morgan fingerprint density at radius 1 is 0.929 bits per heavy atom. The SMILES string of the molecule is Cc1c(N)ccc(N=CC2C=CC(=O)C=C2Nc2ccc(N)c(C)c2C)c1C. The molecule has 0 saturated heterocycles. The van der Waals surface area contributed by atoms with Gasteiger partial charge in [0, 0.05) is 35.0 Å². The summed E-state index contributed by atoms with van der Waals surface area (Å²) < 4.78 is 0. The van der Waals surface area contributed by atoms with Gasteiger partial charge in [-0.2, -0.15) is 0 Å². The van der Waals surface area contributed by atoms with Gasteiger partial charge in [0.05, 0.1) is 11.6 Å². The maximum atomic E-state index is 11.9. The van der Waals surface area contributed by atoms with Crippen LogP contribution >= 0.6 is 0 Å². The van der Waals surface area contributed by atoms with E-state index in [0.717, 1.165) is 50.7 Å². The Balaban J connectivity index is 1.89. The van der Waals surface area contributed by atoms with Crippen LogP contribution in [0.3, 0.4) is 0 Å². The van der Waals surface area contributed by atoms with Crippen LogP contribution in [0.25, 0.3) is 0 Å². The van der Waals surface area contributed by atoms with Crippen molar-refractivity contribution in [2.24, 2.45) is 10.9 Å². The Hall–Kier alpha value is -3.34. The van der Waals surface area contributed by atoms with Crippen molar-refractivity contribution in [3.63, 3.8) is 0 Å². The van der Waals surface area contributed by atoms with Crippen LogP contribution in [0.2, 0.25) is 0 Å². The molecule has 5 N–H and O–H groups in total. The minimum atomic E-state index is -0.132. The highest BCUT2D eigenvalue weighted by molar-refractivity contribution is 6.02. The summed E-state index contributed by atoms with van der Waals surface area (Å²) in [6.45, 7) is 8.00. The van der Waals surface area contributed by atoms with Gasteiger partial charge in [0.2, 0.25) is 0 Å². The molecule has 2 aromatic rings. The number of benzene rings is 2. The fourth-order valence-corrected chi connectivity index (χ4v) is 3.11. The lowest BCUT2D eigenvalue weighted by molar-refractivity contribution is -0.110. The standard InChI is InChI=1S/C23H26N4O/c1-13-15(3)21(9-7-19(13)24)26-12-17-5-6-18(28)11-23(17)27-22-10-8-20(25)14(2)16(22)4/h5-12,17,27H,24-25H2,1-4H3. The summed E-state index contributed by atoms with van der Waals surface area (Å²) in [5, 5.41) is 3.39. The normalized spacial score (nSPS) is 16.5. The van der Waals surface area contributed by atoms with E-state index in [1.165, 1.54) is 0 Å². The number of allylic oxidation sites excluding steroid dienone is 3. The van der Waals surface area contributed by atoms with Crippen molar-refractivity contribution in [1.29, 1.82) is 0 Å². The number of hydrogen-bond acceptors (Lipinski definition) is 5. The first-order chi connectivity index (χ1) is 13.3. The predicted molar refractivity (Wildman–Crippen MR) is 118 cm³/mol. The minimum Gasteiger partial charge on any atom is -0.399 e.